The Morgan fingerprint density at radius 3 is 2.44 bits per heavy atom. The summed E-state index contributed by atoms with van der Waals surface area (Å²) >= 11 is 0. The van der Waals surface area contributed by atoms with Crippen molar-refractivity contribution in [2.75, 3.05) is 13.1 Å². The van der Waals surface area contributed by atoms with E-state index in [1.807, 2.05) is 13.8 Å². The van der Waals surface area contributed by atoms with E-state index in [1.165, 1.54) is 16.8 Å². The molecule has 7 heteroatoms. The lowest BCUT2D eigenvalue weighted by Gasteiger charge is -2.20. The standard InChI is InChI=1S/C11H17ClN2O3S/c1-4-6-14(5-2)11(15)10-7-9(8-13(10)3)18(12,16)17/h7-8H,4-6H2,1-3H3. The van der Waals surface area contributed by atoms with Gasteiger partial charge in [-0.25, -0.2) is 8.42 Å². The summed E-state index contributed by atoms with van der Waals surface area (Å²) < 4.78 is 23.9. The number of hydrogen-bond donors (Lipinski definition) is 0. The molecule has 1 aromatic heterocycles. The number of nitrogens with zero attached hydrogens (tertiary/aromatic N) is 2. The van der Waals surface area contributed by atoms with E-state index in [1.54, 1.807) is 11.9 Å². The summed E-state index contributed by atoms with van der Waals surface area (Å²) in [6.07, 6.45) is 2.19. The molecule has 0 aliphatic rings. The molecule has 1 amide bonds. The monoisotopic (exact) mass is 292 g/mol. The fourth-order valence-corrected chi connectivity index (χ4v) is 2.50. The number of halogens is 1. The molecule has 0 unspecified atom stereocenters. The Balaban J connectivity index is 3.10. The van der Waals surface area contributed by atoms with Crippen molar-refractivity contribution in [2.24, 2.45) is 7.05 Å². The van der Waals surface area contributed by atoms with Gasteiger partial charge < -0.3 is 9.47 Å². The Kier molecular flexibility index (Phi) is 4.81. The Morgan fingerprint density at radius 2 is 2.06 bits per heavy atom. The second kappa shape index (κ2) is 5.75. The summed E-state index contributed by atoms with van der Waals surface area (Å²) in [7, 11) is 3.08. The minimum atomic E-state index is -3.80. The van der Waals surface area contributed by atoms with Gasteiger partial charge in [0.15, 0.2) is 0 Å². The maximum absolute atomic E-state index is 12.2. The minimum Gasteiger partial charge on any atom is -0.345 e. The van der Waals surface area contributed by atoms with E-state index >= 15 is 0 Å². The largest absolute Gasteiger partial charge is 0.345 e. The van der Waals surface area contributed by atoms with Gasteiger partial charge in [0.1, 0.15) is 10.6 Å². The smallest absolute Gasteiger partial charge is 0.270 e. The van der Waals surface area contributed by atoms with E-state index in [9.17, 15) is 13.2 Å². The van der Waals surface area contributed by atoms with E-state index in [2.05, 4.69) is 0 Å². The van der Waals surface area contributed by atoms with Gasteiger partial charge in [0.2, 0.25) is 0 Å². The minimum absolute atomic E-state index is 0.0532. The molecule has 0 atom stereocenters. The van der Waals surface area contributed by atoms with Crippen LogP contribution in [0.15, 0.2) is 17.2 Å². The number of carbonyl (C=O) groups is 1. The molecule has 5 nitrogen and oxygen atoms in total. The lowest BCUT2D eigenvalue weighted by molar-refractivity contribution is 0.0755. The Labute approximate surface area is 112 Å². The molecule has 0 saturated carbocycles. The van der Waals surface area contributed by atoms with Gasteiger partial charge in [-0.15, -0.1) is 0 Å². The van der Waals surface area contributed by atoms with Crippen molar-refractivity contribution >= 4 is 25.6 Å². The predicted molar refractivity (Wildman–Crippen MR) is 70.3 cm³/mol. The van der Waals surface area contributed by atoms with Gasteiger partial charge in [-0.05, 0) is 19.4 Å². The highest BCUT2D eigenvalue weighted by Gasteiger charge is 2.21. The molecule has 0 fully saturated rings. The third-order valence-electron chi connectivity index (χ3n) is 2.64. The third-order valence-corrected chi connectivity index (χ3v) is 3.96. The van der Waals surface area contributed by atoms with Crippen molar-refractivity contribution in [3.05, 3.63) is 18.0 Å². The number of hydrogen-bond acceptors (Lipinski definition) is 3. The number of aryl methyl sites for hydroxylation is 1. The lowest BCUT2D eigenvalue weighted by Crippen LogP contribution is -2.32. The molecule has 0 spiro atoms. The number of rotatable bonds is 5. The van der Waals surface area contributed by atoms with E-state index in [4.69, 9.17) is 10.7 Å². The van der Waals surface area contributed by atoms with Crippen LogP contribution in [0, 0.1) is 0 Å². The van der Waals surface area contributed by atoms with Gasteiger partial charge in [0.25, 0.3) is 15.0 Å². The van der Waals surface area contributed by atoms with Gasteiger partial charge in [-0.3, -0.25) is 4.79 Å². The molecular formula is C11H17ClN2O3S. The van der Waals surface area contributed by atoms with Crippen molar-refractivity contribution in [3.8, 4) is 0 Å². The molecule has 1 heterocycles. The Hall–Kier alpha value is -1.01. The van der Waals surface area contributed by atoms with Crippen molar-refractivity contribution in [1.82, 2.24) is 9.47 Å². The van der Waals surface area contributed by atoms with Crippen LogP contribution in [-0.4, -0.2) is 36.9 Å². The average molecular weight is 293 g/mol. The first-order valence-corrected chi connectivity index (χ1v) is 8.02. The van der Waals surface area contributed by atoms with Crippen LogP contribution in [0.3, 0.4) is 0 Å². The fourth-order valence-electron chi connectivity index (χ4n) is 1.72. The summed E-state index contributed by atoms with van der Waals surface area (Å²) in [5.41, 5.74) is 0.324. The van der Waals surface area contributed by atoms with Gasteiger partial charge in [0, 0.05) is 37.0 Å². The van der Waals surface area contributed by atoms with Crippen LogP contribution >= 0.6 is 10.7 Å². The lowest BCUT2D eigenvalue weighted by atomic mass is 10.3. The SMILES string of the molecule is CCCN(CC)C(=O)c1cc(S(=O)(=O)Cl)cn1C. The van der Waals surface area contributed by atoms with Gasteiger partial charge in [-0.2, -0.15) is 0 Å². The quantitative estimate of drug-likeness (QED) is 0.778. The molecule has 0 aliphatic heterocycles. The Bertz CT molecular complexity index is 536. The van der Waals surface area contributed by atoms with Crippen LogP contribution in [-0.2, 0) is 16.1 Å². The van der Waals surface area contributed by atoms with E-state index in [-0.39, 0.29) is 10.8 Å². The van der Waals surface area contributed by atoms with E-state index in [0.717, 1.165) is 6.42 Å². The molecule has 18 heavy (non-hydrogen) atoms. The zero-order valence-corrected chi connectivity index (χ0v) is 12.3. The highest BCUT2D eigenvalue weighted by molar-refractivity contribution is 8.13. The second-order valence-electron chi connectivity index (χ2n) is 3.99. The van der Waals surface area contributed by atoms with Gasteiger partial charge in [0.05, 0.1) is 0 Å². The molecule has 1 aromatic rings. The molecule has 0 aromatic carbocycles. The van der Waals surface area contributed by atoms with Crippen molar-refractivity contribution in [2.45, 2.75) is 25.2 Å². The number of carbonyl (C=O) groups excluding carboxylic acids is 1. The molecule has 0 N–H and O–H groups in total. The van der Waals surface area contributed by atoms with Crippen molar-refractivity contribution in [1.29, 1.82) is 0 Å². The highest BCUT2D eigenvalue weighted by atomic mass is 35.7. The fraction of sp³-hybridized carbons (Fsp3) is 0.545. The molecule has 0 bridgehead atoms. The molecule has 102 valence electrons. The first-order chi connectivity index (χ1) is 8.31. The van der Waals surface area contributed by atoms with Crippen LogP contribution in [0.4, 0.5) is 0 Å². The van der Waals surface area contributed by atoms with E-state index in [0.29, 0.717) is 18.8 Å². The molecular weight excluding hydrogens is 276 g/mol. The van der Waals surface area contributed by atoms with Crippen LogP contribution < -0.4 is 0 Å². The summed E-state index contributed by atoms with van der Waals surface area (Å²) in [5, 5.41) is 0. The number of aromatic nitrogens is 1. The highest BCUT2D eigenvalue weighted by Crippen LogP contribution is 2.19. The molecule has 1 rings (SSSR count). The first kappa shape index (κ1) is 15.0. The maximum Gasteiger partial charge on any atom is 0.270 e. The first-order valence-electron chi connectivity index (χ1n) is 5.71. The average Bonchev–Trinajstić information content (AvgIpc) is 2.67. The predicted octanol–water partition coefficient (Wildman–Crippen LogP) is 1.82. The second-order valence-corrected chi connectivity index (χ2v) is 6.56. The maximum atomic E-state index is 12.2. The topological polar surface area (TPSA) is 59.4 Å². The van der Waals surface area contributed by atoms with Gasteiger partial charge >= 0.3 is 0 Å². The van der Waals surface area contributed by atoms with Crippen LogP contribution in [0.25, 0.3) is 0 Å². The van der Waals surface area contributed by atoms with Crippen LogP contribution in [0.5, 0.6) is 0 Å². The zero-order valence-electron chi connectivity index (χ0n) is 10.7. The summed E-state index contributed by atoms with van der Waals surface area (Å²) in [6, 6.07) is 1.31. The summed E-state index contributed by atoms with van der Waals surface area (Å²) in [6.45, 7) is 5.09. The van der Waals surface area contributed by atoms with Crippen LogP contribution in [0.1, 0.15) is 30.8 Å². The van der Waals surface area contributed by atoms with Crippen molar-refractivity contribution in [3.63, 3.8) is 0 Å². The summed E-state index contributed by atoms with van der Waals surface area (Å²) in [5.74, 6) is -0.187. The van der Waals surface area contributed by atoms with Crippen LogP contribution in [0.2, 0.25) is 0 Å². The molecule has 0 radical (unpaired) electrons. The third kappa shape index (κ3) is 3.26. The van der Waals surface area contributed by atoms with Crippen molar-refractivity contribution < 1.29 is 13.2 Å². The summed E-state index contributed by atoms with van der Waals surface area (Å²) in [4.78, 5) is 13.8. The van der Waals surface area contributed by atoms with Gasteiger partial charge in [-0.1, -0.05) is 6.92 Å². The van der Waals surface area contributed by atoms with E-state index < -0.39 is 9.05 Å². The number of amides is 1. The molecule has 0 saturated heterocycles. The Morgan fingerprint density at radius 1 is 1.44 bits per heavy atom. The molecule has 0 aliphatic carbocycles. The normalized spacial score (nSPS) is 11.6. The zero-order chi connectivity index (χ0) is 13.9.